The van der Waals surface area contributed by atoms with Gasteiger partial charge in [0.15, 0.2) is 17.3 Å². The number of carbonyl (C=O) groups excluding carboxylic acids is 2. The topological polar surface area (TPSA) is 90.0 Å². The molecule has 0 aromatic heterocycles. The Bertz CT molecular complexity index is 1540. The standard InChI is InChI=1S/C33H38ClNO6S/c1-32(2)17-24-30(26(36)19-32)29(31-25(35(24)14-9-15-40-5)18-33(3,4)20-27(31)37)21-12-13-28(23(34)16-21)41-42(38,39)22-10-7-6-8-11-22/h6-8,10-13,16,29H,9,14-15,17-20H2,1-5H3. The molecule has 3 aliphatic rings. The number of ether oxygens (including phenoxy) is 1. The molecule has 2 aliphatic carbocycles. The van der Waals surface area contributed by atoms with E-state index >= 15 is 0 Å². The summed E-state index contributed by atoms with van der Waals surface area (Å²) in [6, 6.07) is 12.7. The lowest BCUT2D eigenvalue weighted by molar-refractivity contribution is -0.119. The van der Waals surface area contributed by atoms with Crippen LogP contribution in [0.1, 0.15) is 71.3 Å². The Morgan fingerprint density at radius 2 is 1.45 bits per heavy atom. The number of methoxy groups -OCH3 is 1. The normalized spacial score (nSPS) is 20.5. The molecular weight excluding hydrogens is 574 g/mol. The summed E-state index contributed by atoms with van der Waals surface area (Å²) in [5.41, 5.74) is 3.41. The van der Waals surface area contributed by atoms with Crippen molar-refractivity contribution in [1.29, 1.82) is 0 Å². The fraction of sp³-hybridized carbons (Fsp3) is 0.455. The van der Waals surface area contributed by atoms with Gasteiger partial charge in [0.1, 0.15) is 4.90 Å². The van der Waals surface area contributed by atoms with E-state index in [1.54, 1.807) is 37.4 Å². The molecule has 2 aromatic rings. The minimum atomic E-state index is -4.10. The van der Waals surface area contributed by atoms with E-state index in [4.69, 9.17) is 20.5 Å². The van der Waals surface area contributed by atoms with Crippen molar-refractivity contribution in [3.8, 4) is 5.75 Å². The Morgan fingerprint density at radius 1 is 0.881 bits per heavy atom. The Labute approximate surface area is 253 Å². The van der Waals surface area contributed by atoms with Crippen molar-refractivity contribution in [3.63, 3.8) is 0 Å². The third-order valence-corrected chi connectivity index (χ3v) is 9.82. The van der Waals surface area contributed by atoms with E-state index in [1.165, 1.54) is 18.2 Å². The number of hydrogen-bond acceptors (Lipinski definition) is 7. The van der Waals surface area contributed by atoms with Gasteiger partial charge in [0.2, 0.25) is 0 Å². The van der Waals surface area contributed by atoms with E-state index in [-0.39, 0.29) is 38.1 Å². The lowest BCUT2D eigenvalue weighted by Gasteiger charge is -2.49. The maximum Gasteiger partial charge on any atom is 0.339 e. The molecule has 0 radical (unpaired) electrons. The number of Topliss-reactive ketones (excluding diaryl/α,β-unsaturated/α-hetero) is 2. The summed E-state index contributed by atoms with van der Waals surface area (Å²) >= 11 is 6.65. The molecular formula is C33H38ClNO6S. The van der Waals surface area contributed by atoms with Crippen molar-refractivity contribution >= 4 is 33.3 Å². The molecule has 2 aromatic carbocycles. The van der Waals surface area contributed by atoms with Crippen LogP contribution in [-0.2, 0) is 24.4 Å². The quantitative estimate of drug-likeness (QED) is 0.239. The maximum absolute atomic E-state index is 13.9. The molecule has 0 N–H and O–H groups in total. The highest BCUT2D eigenvalue weighted by molar-refractivity contribution is 7.87. The minimum absolute atomic E-state index is 0.0152. The molecule has 0 unspecified atom stereocenters. The number of ketones is 2. The molecule has 1 heterocycles. The van der Waals surface area contributed by atoms with Gasteiger partial charge in [-0.15, -0.1) is 0 Å². The van der Waals surface area contributed by atoms with Gasteiger partial charge in [0, 0.05) is 61.6 Å². The first kappa shape index (κ1) is 30.5. The second kappa shape index (κ2) is 11.3. The molecule has 0 fully saturated rings. The summed E-state index contributed by atoms with van der Waals surface area (Å²) in [6.45, 7) is 9.64. The van der Waals surface area contributed by atoms with Crippen molar-refractivity contribution in [1.82, 2.24) is 4.90 Å². The third kappa shape index (κ3) is 5.94. The highest BCUT2D eigenvalue weighted by atomic mass is 35.5. The summed E-state index contributed by atoms with van der Waals surface area (Å²) in [7, 11) is -2.43. The molecule has 9 heteroatoms. The van der Waals surface area contributed by atoms with Crippen LogP contribution in [0.5, 0.6) is 5.75 Å². The van der Waals surface area contributed by atoms with Gasteiger partial charge in [0.05, 0.1) is 5.02 Å². The maximum atomic E-state index is 13.9. The Kier molecular flexibility index (Phi) is 8.20. The highest BCUT2D eigenvalue weighted by Gasteiger charge is 2.49. The lowest BCUT2D eigenvalue weighted by Crippen LogP contribution is -2.44. The molecule has 5 rings (SSSR count). The van der Waals surface area contributed by atoms with Gasteiger partial charge in [-0.1, -0.05) is 63.6 Å². The molecule has 1 aliphatic heterocycles. The van der Waals surface area contributed by atoms with Crippen LogP contribution in [0.25, 0.3) is 0 Å². The van der Waals surface area contributed by atoms with E-state index in [0.717, 1.165) is 17.8 Å². The highest BCUT2D eigenvalue weighted by Crippen LogP contribution is 2.54. The summed E-state index contributed by atoms with van der Waals surface area (Å²) < 4.78 is 36.5. The first-order valence-electron chi connectivity index (χ1n) is 14.3. The van der Waals surface area contributed by atoms with Gasteiger partial charge in [-0.25, -0.2) is 0 Å². The van der Waals surface area contributed by atoms with Crippen molar-refractivity contribution in [2.45, 2.75) is 70.6 Å². The molecule has 7 nitrogen and oxygen atoms in total. The zero-order chi connectivity index (χ0) is 30.4. The van der Waals surface area contributed by atoms with Crippen molar-refractivity contribution in [2.75, 3.05) is 20.3 Å². The third-order valence-electron chi connectivity index (χ3n) is 8.27. The first-order valence-corrected chi connectivity index (χ1v) is 16.1. The predicted molar refractivity (Wildman–Crippen MR) is 162 cm³/mol. The van der Waals surface area contributed by atoms with E-state index in [1.807, 2.05) is 0 Å². The van der Waals surface area contributed by atoms with Gasteiger partial charge >= 0.3 is 10.1 Å². The van der Waals surface area contributed by atoms with Crippen LogP contribution >= 0.6 is 11.6 Å². The van der Waals surface area contributed by atoms with Gasteiger partial charge in [0.25, 0.3) is 0 Å². The fourth-order valence-electron chi connectivity index (χ4n) is 6.54. The van der Waals surface area contributed by atoms with Crippen LogP contribution in [0.15, 0.2) is 76.0 Å². The average Bonchev–Trinajstić information content (AvgIpc) is 2.89. The smallest absolute Gasteiger partial charge is 0.339 e. The van der Waals surface area contributed by atoms with Crippen molar-refractivity contribution < 1.29 is 26.9 Å². The second-order valence-electron chi connectivity index (χ2n) is 13.1. The summed E-state index contributed by atoms with van der Waals surface area (Å²) in [5.74, 6) is -0.555. The summed E-state index contributed by atoms with van der Waals surface area (Å²) in [5, 5.41) is 0.0889. The van der Waals surface area contributed by atoms with Gasteiger partial charge in [-0.2, -0.15) is 8.42 Å². The van der Waals surface area contributed by atoms with Crippen LogP contribution < -0.4 is 4.18 Å². The molecule has 0 atom stereocenters. The second-order valence-corrected chi connectivity index (χ2v) is 15.0. The number of benzene rings is 2. The Morgan fingerprint density at radius 3 is 1.98 bits per heavy atom. The number of nitrogens with zero attached hydrogens (tertiary/aromatic N) is 1. The molecule has 0 amide bonds. The fourth-order valence-corrected chi connectivity index (χ4v) is 7.78. The predicted octanol–water partition coefficient (Wildman–Crippen LogP) is 6.83. The monoisotopic (exact) mass is 611 g/mol. The summed E-state index contributed by atoms with van der Waals surface area (Å²) in [6.07, 6.45) is 2.91. The number of allylic oxidation sites excluding steroid dienone is 4. The molecule has 0 saturated carbocycles. The molecule has 42 heavy (non-hydrogen) atoms. The number of hydrogen-bond donors (Lipinski definition) is 0. The zero-order valence-electron chi connectivity index (χ0n) is 24.8. The Hall–Kier alpha value is -2.94. The Balaban J connectivity index is 1.63. The van der Waals surface area contributed by atoms with E-state index in [2.05, 4.69) is 32.6 Å². The minimum Gasteiger partial charge on any atom is -0.385 e. The average molecular weight is 612 g/mol. The van der Waals surface area contributed by atoms with Gasteiger partial charge in [-0.3, -0.25) is 9.59 Å². The van der Waals surface area contributed by atoms with Crippen LogP contribution in [0.2, 0.25) is 5.02 Å². The molecule has 0 spiro atoms. The van der Waals surface area contributed by atoms with E-state index in [9.17, 15) is 18.0 Å². The molecule has 224 valence electrons. The van der Waals surface area contributed by atoms with Crippen LogP contribution in [0.3, 0.4) is 0 Å². The largest absolute Gasteiger partial charge is 0.385 e. The van der Waals surface area contributed by atoms with E-state index in [0.29, 0.717) is 55.5 Å². The summed E-state index contributed by atoms with van der Waals surface area (Å²) in [4.78, 5) is 30.1. The zero-order valence-corrected chi connectivity index (χ0v) is 26.4. The van der Waals surface area contributed by atoms with Crippen LogP contribution in [-0.4, -0.2) is 45.1 Å². The van der Waals surface area contributed by atoms with Crippen molar-refractivity contribution in [2.24, 2.45) is 10.8 Å². The number of carbonyl (C=O) groups is 2. The SMILES string of the molecule is COCCCN1C2=C(C(=O)CC(C)(C)C2)C(c2ccc(OS(=O)(=O)c3ccccc3)c(Cl)c2)C2=C1CC(C)(C)CC2=O. The molecule has 0 bridgehead atoms. The van der Waals surface area contributed by atoms with Crippen LogP contribution in [0.4, 0.5) is 0 Å². The van der Waals surface area contributed by atoms with Crippen molar-refractivity contribution in [3.05, 3.63) is 81.7 Å². The first-order chi connectivity index (χ1) is 19.7. The van der Waals surface area contributed by atoms with Gasteiger partial charge < -0.3 is 13.8 Å². The molecule has 0 saturated heterocycles. The number of rotatable bonds is 8. The van der Waals surface area contributed by atoms with Crippen LogP contribution in [0, 0.1) is 10.8 Å². The lowest BCUT2D eigenvalue weighted by atomic mass is 9.63. The van der Waals surface area contributed by atoms with E-state index < -0.39 is 16.0 Å². The van der Waals surface area contributed by atoms with Gasteiger partial charge in [-0.05, 0) is 59.9 Å². The number of halogens is 1.